The summed E-state index contributed by atoms with van der Waals surface area (Å²) in [6, 6.07) is 0. The average molecular weight is 202 g/mol. The summed E-state index contributed by atoms with van der Waals surface area (Å²) < 4.78 is 0. The molecule has 1 nitrogen and oxygen atoms in total. The lowest BCUT2D eigenvalue weighted by molar-refractivity contribution is -0.115. The van der Waals surface area contributed by atoms with Crippen LogP contribution in [-0.2, 0) is 4.79 Å². The molecule has 0 bridgehead atoms. The summed E-state index contributed by atoms with van der Waals surface area (Å²) in [7, 11) is 0. The van der Waals surface area contributed by atoms with E-state index in [0.717, 1.165) is 12.8 Å². The van der Waals surface area contributed by atoms with E-state index in [9.17, 15) is 4.79 Å². The Morgan fingerprint density at radius 1 is 1.53 bits per heavy atom. The van der Waals surface area contributed by atoms with Crippen molar-refractivity contribution in [3.63, 3.8) is 0 Å². The number of carbonyl (C=O) groups is 1. The molecule has 0 aromatic heterocycles. The Bertz CT molecular complexity index is 371. The summed E-state index contributed by atoms with van der Waals surface area (Å²) in [5, 5.41) is 0. The molecule has 0 saturated heterocycles. The van der Waals surface area contributed by atoms with Crippen LogP contribution < -0.4 is 0 Å². The van der Waals surface area contributed by atoms with Crippen molar-refractivity contribution in [2.75, 3.05) is 0 Å². The Hall–Kier alpha value is -1.11. The third-order valence-corrected chi connectivity index (χ3v) is 3.67. The lowest BCUT2D eigenvalue weighted by Crippen LogP contribution is -2.26. The maximum Gasteiger partial charge on any atom is 0.156 e. The number of hydrogen-bond donors (Lipinski definition) is 0. The molecule has 0 fully saturated rings. The van der Waals surface area contributed by atoms with E-state index in [-0.39, 0.29) is 5.78 Å². The van der Waals surface area contributed by atoms with Crippen molar-refractivity contribution in [2.24, 2.45) is 11.8 Å². The highest BCUT2D eigenvalue weighted by Gasteiger charge is 2.32. The Kier molecular flexibility index (Phi) is 2.64. The molecule has 0 saturated carbocycles. The zero-order valence-corrected chi connectivity index (χ0v) is 9.55. The van der Waals surface area contributed by atoms with Gasteiger partial charge in [-0.15, -0.1) is 0 Å². The lowest BCUT2D eigenvalue weighted by Gasteiger charge is -2.35. The van der Waals surface area contributed by atoms with Crippen molar-refractivity contribution in [1.82, 2.24) is 0 Å². The number of hydrogen-bond acceptors (Lipinski definition) is 1. The van der Waals surface area contributed by atoms with Gasteiger partial charge in [-0.05, 0) is 50.2 Å². The smallest absolute Gasteiger partial charge is 0.156 e. The number of allylic oxidation sites excluding steroid dienone is 5. The number of fused-ring (bicyclic) bond motifs is 1. The molecule has 0 heterocycles. The Balaban J connectivity index is 2.38. The third kappa shape index (κ3) is 1.83. The predicted octanol–water partition coefficient (Wildman–Crippen LogP) is 3.43. The van der Waals surface area contributed by atoms with E-state index in [1.807, 2.05) is 6.08 Å². The molecule has 0 unspecified atom stereocenters. The van der Waals surface area contributed by atoms with E-state index in [1.54, 1.807) is 0 Å². The van der Waals surface area contributed by atoms with Gasteiger partial charge in [-0.2, -0.15) is 0 Å². The topological polar surface area (TPSA) is 17.1 Å². The maximum atomic E-state index is 11.4. The molecular formula is C14H18O. The summed E-state index contributed by atoms with van der Waals surface area (Å²) in [5.41, 5.74) is 3.82. The normalized spacial score (nSPS) is 30.4. The van der Waals surface area contributed by atoms with Crippen molar-refractivity contribution >= 4 is 5.78 Å². The van der Waals surface area contributed by atoms with Crippen LogP contribution in [0.3, 0.4) is 0 Å². The molecule has 0 aromatic carbocycles. The van der Waals surface area contributed by atoms with E-state index < -0.39 is 0 Å². The van der Waals surface area contributed by atoms with E-state index in [1.165, 1.54) is 16.7 Å². The molecule has 0 aliphatic heterocycles. The Morgan fingerprint density at radius 3 is 2.93 bits per heavy atom. The number of ketones is 1. The lowest BCUT2D eigenvalue weighted by atomic mass is 9.69. The monoisotopic (exact) mass is 202 g/mol. The second kappa shape index (κ2) is 3.80. The quantitative estimate of drug-likeness (QED) is 0.595. The molecular weight excluding hydrogens is 184 g/mol. The second-order valence-electron chi connectivity index (χ2n) is 4.79. The fourth-order valence-electron chi connectivity index (χ4n) is 2.76. The van der Waals surface area contributed by atoms with Gasteiger partial charge in [0.05, 0.1) is 0 Å². The summed E-state index contributed by atoms with van der Waals surface area (Å²) >= 11 is 0. The van der Waals surface area contributed by atoms with Gasteiger partial charge in [-0.25, -0.2) is 0 Å². The standard InChI is InChI=1S/C14H18O/c1-9(2)12-6-4-10(3)14-8-11(15)5-7-13(12)14/h4,8,12-13H,1,5-7H2,2-3H3/t12-,13-/m0/s1. The van der Waals surface area contributed by atoms with Crippen molar-refractivity contribution in [1.29, 1.82) is 0 Å². The first-order valence-corrected chi connectivity index (χ1v) is 5.66. The minimum absolute atomic E-state index is 0.288. The highest BCUT2D eigenvalue weighted by molar-refractivity contribution is 5.92. The van der Waals surface area contributed by atoms with E-state index >= 15 is 0 Å². The van der Waals surface area contributed by atoms with E-state index in [4.69, 9.17) is 0 Å². The van der Waals surface area contributed by atoms with Gasteiger partial charge in [-0.1, -0.05) is 23.8 Å². The SMILES string of the molecule is C=C(C)[C@@H]1CC=C(C)C2=CC(=O)CC[C@H]21. The summed E-state index contributed by atoms with van der Waals surface area (Å²) in [6.07, 6.45) is 6.92. The van der Waals surface area contributed by atoms with Gasteiger partial charge in [0.15, 0.2) is 5.78 Å². The highest BCUT2D eigenvalue weighted by Crippen LogP contribution is 2.42. The van der Waals surface area contributed by atoms with Gasteiger partial charge in [0, 0.05) is 6.42 Å². The summed E-state index contributed by atoms with van der Waals surface area (Å²) in [5.74, 6) is 1.38. The predicted molar refractivity (Wildman–Crippen MR) is 62.5 cm³/mol. The van der Waals surface area contributed by atoms with Crippen LogP contribution in [0.5, 0.6) is 0 Å². The molecule has 0 amide bonds. The first-order valence-electron chi connectivity index (χ1n) is 5.66. The molecule has 80 valence electrons. The van der Waals surface area contributed by atoms with Crippen LogP contribution in [0.25, 0.3) is 0 Å². The molecule has 1 heteroatoms. The molecule has 0 N–H and O–H groups in total. The van der Waals surface area contributed by atoms with Gasteiger partial charge in [-0.3, -0.25) is 4.79 Å². The Morgan fingerprint density at radius 2 is 2.27 bits per heavy atom. The highest BCUT2D eigenvalue weighted by atomic mass is 16.1. The minimum atomic E-state index is 0.288. The van der Waals surface area contributed by atoms with Crippen LogP contribution in [0, 0.1) is 11.8 Å². The van der Waals surface area contributed by atoms with Gasteiger partial charge in [0.25, 0.3) is 0 Å². The van der Waals surface area contributed by atoms with Gasteiger partial charge in [0.2, 0.25) is 0 Å². The molecule has 0 aromatic rings. The van der Waals surface area contributed by atoms with Crippen LogP contribution in [0.2, 0.25) is 0 Å². The van der Waals surface area contributed by atoms with Gasteiger partial charge in [0.1, 0.15) is 0 Å². The fourth-order valence-corrected chi connectivity index (χ4v) is 2.76. The van der Waals surface area contributed by atoms with Crippen molar-refractivity contribution < 1.29 is 4.79 Å². The van der Waals surface area contributed by atoms with Gasteiger partial charge >= 0.3 is 0 Å². The van der Waals surface area contributed by atoms with Crippen molar-refractivity contribution in [3.8, 4) is 0 Å². The zero-order chi connectivity index (χ0) is 11.0. The molecule has 15 heavy (non-hydrogen) atoms. The van der Waals surface area contributed by atoms with Crippen LogP contribution in [0.1, 0.15) is 33.1 Å². The van der Waals surface area contributed by atoms with Crippen LogP contribution in [0.4, 0.5) is 0 Å². The average Bonchev–Trinajstić information content (AvgIpc) is 2.19. The summed E-state index contributed by atoms with van der Waals surface area (Å²) in [6.45, 7) is 8.29. The van der Waals surface area contributed by atoms with Crippen molar-refractivity contribution in [3.05, 3.63) is 35.5 Å². The van der Waals surface area contributed by atoms with Crippen LogP contribution in [-0.4, -0.2) is 5.78 Å². The molecule has 2 aliphatic carbocycles. The third-order valence-electron chi connectivity index (χ3n) is 3.67. The molecule has 0 spiro atoms. The largest absolute Gasteiger partial charge is 0.295 e. The molecule has 2 aliphatic rings. The zero-order valence-electron chi connectivity index (χ0n) is 9.55. The van der Waals surface area contributed by atoms with E-state index in [2.05, 4.69) is 26.5 Å². The van der Waals surface area contributed by atoms with E-state index in [0.29, 0.717) is 18.3 Å². The number of carbonyl (C=O) groups excluding carboxylic acids is 1. The van der Waals surface area contributed by atoms with Crippen LogP contribution >= 0.6 is 0 Å². The minimum Gasteiger partial charge on any atom is -0.295 e. The maximum absolute atomic E-state index is 11.4. The summed E-state index contributed by atoms with van der Waals surface area (Å²) in [4.78, 5) is 11.4. The second-order valence-corrected chi connectivity index (χ2v) is 4.79. The van der Waals surface area contributed by atoms with Crippen molar-refractivity contribution in [2.45, 2.75) is 33.1 Å². The Labute approximate surface area is 91.6 Å². The first-order chi connectivity index (χ1) is 7.09. The van der Waals surface area contributed by atoms with Crippen LogP contribution in [0.15, 0.2) is 35.5 Å². The van der Waals surface area contributed by atoms with Gasteiger partial charge < -0.3 is 0 Å². The molecule has 2 atom stereocenters. The number of rotatable bonds is 1. The molecule has 0 radical (unpaired) electrons. The molecule has 2 rings (SSSR count). The fraction of sp³-hybridized carbons (Fsp3) is 0.500. The first kappa shape index (κ1) is 10.4.